The van der Waals surface area contributed by atoms with Crippen molar-refractivity contribution < 1.29 is 0 Å². The summed E-state index contributed by atoms with van der Waals surface area (Å²) in [5.74, 6) is 0.763. The van der Waals surface area contributed by atoms with E-state index in [0.717, 1.165) is 18.9 Å². The third kappa shape index (κ3) is 5.28. The quantitative estimate of drug-likeness (QED) is 0.695. The van der Waals surface area contributed by atoms with E-state index in [2.05, 4.69) is 56.9 Å². The van der Waals surface area contributed by atoms with E-state index < -0.39 is 0 Å². The van der Waals surface area contributed by atoms with Crippen molar-refractivity contribution in [3.05, 3.63) is 18.0 Å². The summed E-state index contributed by atoms with van der Waals surface area (Å²) in [6.07, 6.45) is 8.36. The van der Waals surface area contributed by atoms with Crippen LogP contribution in [0.1, 0.15) is 72.0 Å². The molecule has 0 fully saturated rings. The molecule has 0 radical (unpaired) electrons. The first kappa shape index (κ1) is 17.2. The molecule has 3 heteroatoms. The normalized spacial score (nSPS) is 14.7. The largest absolute Gasteiger partial charge is 0.314 e. The SMILES string of the molecule is CCCCC(CC)C(Cc1ccn(C(C)C)n1)NCC. The Hall–Kier alpha value is -0.830. The Morgan fingerprint density at radius 1 is 1.25 bits per heavy atom. The smallest absolute Gasteiger partial charge is 0.0640 e. The number of nitrogens with one attached hydrogen (secondary N) is 1. The van der Waals surface area contributed by atoms with Crippen molar-refractivity contribution >= 4 is 0 Å². The summed E-state index contributed by atoms with van der Waals surface area (Å²) in [5.41, 5.74) is 1.22. The van der Waals surface area contributed by atoms with Crippen molar-refractivity contribution in [1.82, 2.24) is 15.1 Å². The lowest BCUT2D eigenvalue weighted by molar-refractivity contribution is 0.317. The fourth-order valence-electron chi connectivity index (χ4n) is 2.82. The zero-order valence-corrected chi connectivity index (χ0v) is 14.0. The van der Waals surface area contributed by atoms with Crippen LogP contribution >= 0.6 is 0 Å². The molecule has 0 aliphatic carbocycles. The van der Waals surface area contributed by atoms with Crippen molar-refractivity contribution in [2.75, 3.05) is 6.54 Å². The molecule has 1 aromatic rings. The number of rotatable bonds is 10. The molecule has 0 aromatic carbocycles. The summed E-state index contributed by atoms with van der Waals surface area (Å²) >= 11 is 0. The van der Waals surface area contributed by atoms with Gasteiger partial charge in [-0.2, -0.15) is 5.10 Å². The number of hydrogen-bond donors (Lipinski definition) is 1. The molecule has 0 aliphatic heterocycles. The standard InChI is InChI=1S/C17H33N3/c1-6-9-10-15(7-2)17(18-8-3)13-16-11-12-20(19-16)14(4)5/h11-12,14-15,17-18H,6-10,13H2,1-5H3. The van der Waals surface area contributed by atoms with Crippen LogP contribution in [-0.2, 0) is 6.42 Å². The van der Waals surface area contributed by atoms with Gasteiger partial charge in [0, 0.05) is 24.7 Å². The minimum atomic E-state index is 0.448. The summed E-state index contributed by atoms with van der Waals surface area (Å²) in [5, 5.41) is 8.39. The fourth-order valence-corrected chi connectivity index (χ4v) is 2.82. The van der Waals surface area contributed by atoms with Gasteiger partial charge in [0.05, 0.1) is 5.69 Å². The van der Waals surface area contributed by atoms with Gasteiger partial charge in [0.15, 0.2) is 0 Å². The van der Waals surface area contributed by atoms with Crippen LogP contribution in [0.3, 0.4) is 0 Å². The Morgan fingerprint density at radius 3 is 2.50 bits per heavy atom. The second-order valence-electron chi connectivity index (χ2n) is 6.06. The Morgan fingerprint density at radius 2 is 2.00 bits per heavy atom. The molecule has 0 saturated carbocycles. The van der Waals surface area contributed by atoms with Crippen molar-refractivity contribution in [2.24, 2.45) is 5.92 Å². The highest BCUT2D eigenvalue weighted by molar-refractivity contribution is 5.03. The van der Waals surface area contributed by atoms with Gasteiger partial charge in [0.25, 0.3) is 0 Å². The first-order chi connectivity index (χ1) is 9.62. The lowest BCUT2D eigenvalue weighted by Crippen LogP contribution is -2.38. The van der Waals surface area contributed by atoms with Crippen molar-refractivity contribution in [2.45, 2.75) is 78.8 Å². The number of nitrogens with zero attached hydrogens (tertiary/aromatic N) is 2. The highest BCUT2D eigenvalue weighted by Crippen LogP contribution is 2.20. The summed E-state index contributed by atoms with van der Waals surface area (Å²) in [6.45, 7) is 12.2. The average Bonchev–Trinajstić information content (AvgIpc) is 2.88. The third-order valence-corrected chi connectivity index (χ3v) is 4.11. The molecule has 116 valence electrons. The lowest BCUT2D eigenvalue weighted by atomic mass is 9.88. The van der Waals surface area contributed by atoms with Gasteiger partial charge in [0.1, 0.15) is 0 Å². The second-order valence-corrected chi connectivity index (χ2v) is 6.06. The van der Waals surface area contributed by atoms with Gasteiger partial charge >= 0.3 is 0 Å². The van der Waals surface area contributed by atoms with E-state index in [1.54, 1.807) is 0 Å². The van der Waals surface area contributed by atoms with Crippen LogP contribution in [0.25, 0.3) is 0 Å². The molecular weight excluding hydrogens is 246 g/mol. The van der Waals surface area contributed by atoms with Gasteiger partial charge in [-0.15, -0.1) is 0 Å². The predicted molar refractivity (Wildman–Crippen MR) is 87.1 cm³/mol. The van der Waals surface area contributed by atoms with Crippen LogP contribution in [0.5, 0.6) is 0 Å². The molecular formula is C17H33N3. The van der Waals surface area contributed by atoms with Crippen molar-refractivity contribution in [3.63, 3.8) is 0 Å². The Labute approximate surface area is 125 Å². The molecule has 0 saturated heterocycles. The zero-order valence-electron chi connectivity index (χ0n) is 14.0. The maximum atomic E-state index is 4.71. The van der Waals surface area contributed by atoms with Gasteiger partial charge in [-0.3, -0.25) is 4.68 Å². The van der Waals surface area contributed by atoms with E-state index in [0.29, 0.717) is 12.1 Å². The van der Waals surface area contributed by atoms with Gasteiger partial charge in [-0.1, -0.05) is 40.0 Å². The lowest BCUT2D eigenvalue weighted by Gasteiger charge is -2.26. The molecule has 2 unspecified atom stereocenters. The van der Waals surface area contributed by atoms with Crippen LogP contribution < -0.4 is 5.32 Å². The minimum absolute atomic E-state index is 0.448. The van der Waals surface area contributed by atoms with E-state index in [-0.39, 0.29) is 0 Å². The summed E-state index contributed by atoms with van der Waals surface area (Å²) in [4.78, 5) is 0. The maximum absolute atomic E-state index is 4.71. The van der Waals surface area contributed by atoms with E-state index in [1.807, 2.05) is 0 Å². The molecule has 1 rings (SSSR count). The van der Waals surface area contributed by atoms with Crippen LogP contribution in [0.2, 0.25) is 0 Å². The van der Waals surface area contributed by atoms with E-state index >= 15 is 0 Å². The van der Waals surface area contributed by atoms with Gasteiger partial charge in [0.2, 0.25) is 0 Å². The Bertz CT molecular complexity index is 357. The third-order valence-electron chi connectivity index (χ3n) is 4.11. The van der Waals surface area contributed by atoms with Gasteiger partial charge < -0.3 is 5.32 Å². The Balaban J connectivity index is 2.68. The molecule has 3 nitrogen and oxygen atoms in total. The van der Waals surface area contributed by atoms with Crippen LogP contribution in [0, 0.1) is 5.92 Å². The monoisotopic (exact) mass is 279 g/mol. The number of unbranched alkanes of at least 4 members (excludes halogenated alkanes) is 1. The van der Waals surface area contributed by atoms with Crippen LogP contribution in [-0.4, -0.2) is 22.4 Å². The van der Waals surface area contributed by atoms with Gasteiger partial charge in [-0.05, 0) is 38.8 Å². The highest BCUT2D eigenvalue weighted by atomic mass is 15.3. The molecule has 0 spiro atoms. The first-order valence-corrected chi connectivity index (χ1v) is 8.39. The maximum Gasteiger partial charge on any atom is 0.0640 e. The van der Waals surface area contributed by atoms with E-state index in [4.69, 9.17) is 5.10 Å². The van der Waals surface area contributed by atoms with Gasteiger partial charge in [-0.25, -0.2) is 0 Å². The Kier molecular flexibility index (Phi) is 7.90. The van der Waals surface area contributed by atoms with Crippen LogP contribution in [0.15, 0.2) is 12.3 Å². The first-order valence-electron chi connectivity index (χ1n) is 8.39. The zero-order chi connectivity index (χ0) is 15.0. The molecule has 1 N–H and O–H groups in total. The molecule has 0 bridgehead atoms. The molecule has 1 aromatic heterocycles. The summed E-state index contributed by atoms with van der Waals surface area (Å²) < 4.78 is 2.06. The van der Waals surface area contributed by atoms with E-state index in [1.165, 1.54) is 31.4 Å². The summed E-state index contributed by atoms with van der Waals surface area (Å²) in [6, 6.07) is 3.19. The predicted octanol–water partition coefficient (Wildman–Crippen LogP) is 4.20. The van der Waals surface area contributed by atoms with E-state index in [9.17, 15) is 0 Å². The molecule has 0 amide bonds. The molecule has 20 heavy (non-hydrogen) atoms. The number of hydrogen-bond acceptors (Lipinski definition) is 2. The average molecular weight is 279 g/mol. The fraction of sp³-hybridized carbons (Fsp3) is 0.824. The second kappa shape index (κ2) is 9.17. The molecule has 2 atom stereocenters. The van der Waals surface area contributed by atoms with Crippen molar-refractivity contribution in [1.29, 1.82) is 0 Å². The highest BCUT2D eigenvalue weighted by Gasteiger charge is 2.20. The van der Waals surface area contributed by atoms with Crippen molar-refractivity contribution in [3.8, 4) is 0 Å². The molecule has 1 heterocycles. The summed E-state index contributed by atoms with van der Waals surface area (Å²) in [7, 11) is 0. The van der Waals surface area contributed by atoms with Crippen LogP contribution in [0.4, 0.5) is 0 Å². The number of aromatic nitrogens is 2. The number of likely N-dealkylation sites (N-methyl/N-ethyl adjacent to an activating group) is 1. The topological polar surface area (TPSA) is 29.9 Å². The molecule has 0 aliphatic rings. The minimum Gasteiger partial charge on any atom is -0.314 e.